The molecule has 0 unspecified atom stereocenters. The molecule has 102 valence electrons. The molecule has 0 fully saturated rings. The molecule has 4 heteroatoms. The van der Waals surface area contributed by atoms with Gasteiger partial charge in [0.1, 0.15) is 0 Å². The van der Waals surface area contributed by atoms with Crippen molar-refractivity contribution in [1.29, 1.82) is 0 Å². The third-order valence-electron chi connectivity index (χ3n) is 3.31. The van der Waals surface area contributed by atoms with Crippen LogP contribution in [0.4, 0.5) is 0 Å². The van der Waals surface area contributed by atoms with Crippen molar-refractivity contribution in [2.45, 2.75) is 47.2 Å². The maximum Gasteiger partial charge on any atom is 0.0997 e. The summed E-state index contributed by atoms with van der Waals surface area (Å²) < 4.78 is 2.14. The van der Waals surface area contributed by atoms with Crippen LogP contribution in [0.1, 0.15) is 36.5 Å². The second kappa shape index (κ2) is 5.53. The number of pyridine rings is 1. The highest BCUT2D eigenvalue weighted by Crippen LogP contribution is 2.18. The van der Waals surface area contributed by atoms with Gasteiger partial charge >= 0.3 is 0 Å². The van der Waals surface area contributed by atoms with E-state index < -0.39 is 0 Å². The normalized spacial score (nSPS) is 11.3. The molecule has 0 aliphatic rings. The second-order valence-electron chi connectivity index (χ2n) is 5.28. The Morgan fingerprint density at radius 3 is 2.53 bits per heavy atom. The Hall–Kier alpha value is -1.68. The third-order valence-corrected chi connectivity index (χ3v) is 3.31. The molecule has 2 rings (SSSR count). The Morgan fingerprint density at radius 1 is 1.21 bits per heavy atom. The minimum absolute atomic E-state index is 0.458. The topological polar surface area (TPSA) is 42.7 Å². The van der Waals surface area contributed by atoms with Crippen LogP contribution in [0, 0.1) is 20.8 Å². The van der Waals surface area contributed by atoms with Gasteiger partial charge < -0.3 is 9.88 Å². The largest absolute Gasteiger partial charge is 0.310 e. The number of nitrogens with zero attached hydrogens (tertiary/aromatic N) is 3. The average molecular weight is 258 g/mol. The predicted octanol–water partition coefficient (Wildman–Crippen LogP) is 2.69. The zero-order chi connectivity index (χ0) is 14.0. The molecule has 4 nitrogen and oxygen atoms in total. The Bertz CT molecular complexity index is 570. The molecule has 2 heterocycles. The molecule has 0 aliphatic heterocycles. The van der Waals surface area contributed by atoms with Crippen LogP contribution < -0.4 is 5.32 Å². The van der Waals surface area contributed by atoms with Crippen molar-refractivity contribution in [2.75, 3.05) is 0 Å². The minimum Gasteiger partial charge on any atom is -0.310 e. The zero-order valence-corrected chi connectivity index (χ0v) is 12.4. The molecule has 2 aromatic rings. The molecule has 2 aromatic heterocycles. The first-order valence-electron chi connectivity index (χ1n) is 6.69. The van der Waals surface area contributed by atoms with Gasteiger partial charge in [0, 0.05) is 35.7 Å². The first kappa shape index (κ1) is 13.7. The predicted molar refractivity (Wildman–Crippen MR) is 77.5 cm³/mol. The maximum atomic E-state index is 4.41. The van der Waals surface area contributed by atoms with E-state index in [1.165, 1.54) is 16.9 Å². The summed E-state index contributed by atoms with van der Waals surface area (Å²) in [4.78, 5) is 8.79. The number of aromatic nitrogens is 3. The highest BCUT2D eigenvalue weighted by atomic mass is 15.1. The summed E-state index contributed by atoms with van der Waals surface area (Å²) in [6.45, 7) is 11.3. The van der Waals surface area contributed by atoms with Crippen molar-refractivity contribution >= 4 is 0 Å². The molecule has 19 heavy (non-hydrogen) atoms. The quantitative estimate of drug-likeness (QED) is 0.917. The second-order valence-corrected chi connectivity index (χ2v) is 5.28. The number of nitrogens with one attached hydrogen (secondary N) is 1. The van der Waals surface area contributed by atoms with E-state index in [1.54, 1.807) is 0 Å². The van der Waals surface area contributed by atoms with Gasteiger partial charge in [-0.05, 0) is 26.8 Å². The molecule has 0 aromatic carbocycles. The van der Waals surface area contributed by atoms with Crippen LogP contribution in [0.5, 0.6) is 0 Å². The molecule has 1 N–H and O–H groups in total. The minimum atomic E-state index is 0.458. The Kier molecular flexibility index (Phi) is 4.00. The number of hydrogen-bond acceptors (Lipinski definition) is 3. The van der Waals surface area contributed by atoms with E-state index in [9.17, 15) is 0 Å². The summed E-state index contributed by atoms with van der Waals surface area (Å²) in [5.41, 5.74) is 5.63. The van der Waals surface area contributed by atoms with Gasteiger partial charge in [-0.3, -0.25) is 4.98 Å². The molecular formula is C15H22N4. The molecule has 0 amide bonds. The monoisotopic (exact) mass is 258 g/mol. The molecule has 0 spiro atoms. The van der Waals surface area contributed by atoms with Crippen molar-refractivity contribution in [2.24, 2.45) is 0 Å². The highest BCUT2D eigenvalue weighted by Gasteiger charge is 2.10. The lowest BCUT2D eigenvalue weighted by molar-refractivity contribution is 0.586. The molecule has 0 saturated heterocycles. The lowest BCUT2D eigenvalue weighted by Crippen LogP contribution is -2.23. The van der Waals surface area contributed by atoms with E-state index in [-0.39, 0.29) is 0 Å². The molecular weight excluding hydrogens is 236 g/mol. The van der Waals surface area contributed by atoms with Crippen LogP contribution in [0.25, 0.3) is 5.69 Å². The highest BCUT2D eigenvalue weighted by molar-refractivity contribution is 5.42. The summed E-state index contributed by atoms with van der Waals surface area (Å²) in [5, 5.41) is 3.44. The van der Waals surface area contributed by atoms with E-state index in [0.717, 1.165) is 17.9 Å². The van der Waals surface area contributed by atoms with Gasteiger partial charge in [0.25, 0.3) is 0 Å². The average Bonchev–Trinajstić information content (AvgIpc) is 2.68. The van der Waals surface area contributed by atoms with Crippen LogP contribution in [0.2, 0.25) is 0 Å². The van der Waals surface area contributed by atoms with Crippen molar-refractivity contribution in [3.8, 4) is 5.69 Å². The van der Waals surface area contributed by atoms with Crippen molar-refractivity contribution in [3.05, 3.63) is 41.2 Å². The first-order valence-corrected chi connectivity index (χ1v) is 6.69. The lowest BCUT2D eigenvalue weighted by Gasteiger charge is -2.14. The summed E-state index contributed by atoms with van der Waals surface area (Å²) in [6, 6.07) is 2.57. The smallest absolute Gasteiger partial charge is 0.0997 e. The van der Waals surface area contributed by atoms with Gasteiger partial charge in [0.05, 0.1) is 17.7 Å². The van der Waals surface area contributed by atoms with E-state index >= 15 is 0 Å². The van der Waals surface area contributed by atoms with Crippen LogP contribution in [-0.4, -0.2) is 20.6 Å². The van der Waals surface area contributed by atoms with Gasteiger partial charge in [0.2, 0.25) is 0 Å². The maximum absolute atomic E-state index is 4.41. The zero-order valence-electron chi connectivity index (χ0n) is 12.4. The molecule has 0 radical (unpaired) electrons. The molecule has 0 aliphatic carbocycles. The fourth-order valence-corrected chi connectivity index (χ4v) is 1.99. The Balaban J connectivity index is 2.42. The SMILES string of the molecule is Cc1cc(-n2cnc(C)c2C)c(CNC(C)C)cn1. The number of imidazole rings is 1. The van der Waals surface area contributed by atoms with Gasteiger partial charge in [0.15, 0.2) is 0 Å². The number of aryl methyl sites for hydroxylation is 2. The van der Waals surface area contributed by atoms with Gasteiger partial charge in [-0.25, -0.2) is 4.98 Å². The van der Waals surface area contributed by atoms with Crippen LogP contribution in [-0.2, 0) is 6.54 Å². The summed E-state index contributed by atoms with van der Waals surface area (Å²) in [6.07, 6.45) is 3.84. The van der Waals surface area contributed by atoms with Gasteiger partial charge in [-0.2, -0.15) is 0 Å². The van der Waals surface area contributed by atoms with Crippen LogP contribution in [0.3, 0.4) is 0 Å². The van der Waals surface area contributed by atoms with E-state index in [1.807, 2.05) is 26.4 Å². The summed E-state index contributed by atoms with van der Waals surface area (Å²) >= 11 is 0. The Morgan fingerprint density at radius 2 is 1.95 bits per heavy atom. The molecule has 0 bridgehead atoms. The van der Waals surface area contributed by atoms with E-state index in [0.29, 0.717) is 6.04 Å². The fourth-order valence-electron chi connectivity index (χ4n) is 1.99. The number of rotatable bonds is 4. The van der Waals surface area contributed by atoms with E-state index in [4.69, 9.17) is 0 Å². The lowest BCUT2D eigenvalue weighted by atomic mass is 10.2. The van der Waals surface area contributed by atoms with Crippen molar-refractivity contribution in [3.63, 3.8) is 0 Å². The van der Waals surface area contributed by atoms with Crippen LogP contribution in [0.15, 0.2) is 18.6 Å². The summed E-state index contributed by atoms with van der Waals surface area (Å²) in [7, 11) is 0. The standard InChI is InChI=1S/C15H22N4/c1-10(2)16-7-14-8-17-11(3)6-15(14)19-9-18-12(4)13(19)5/h6,8-10,16H,7H2,1-5H3. The van der Waals surface area contributed by atoms with E-state index in [2.05, 4.69) is 46.7 Å². The molecule has 0 saturated carbocycles. The Labute approximate surface area is 114 Å². The molecule has 0 atom stereocenters. The van der Waals surface area contributed by atoms with Crippen molar-refractivity contribution in [1.82, 2.24) is 19.9 Å². The summed E-state index contributed by atoms with van der Waals surface area (Å²) in [5.74, 6) is 0. The van der Waals surface area contributed by atoms with Gasteiger partial charge in [-0.15, -0.1) is 0 Å². The first-order chi connectivity index (χ1) is 8.99. The fraction of sp³-hybridized carbons (Fsp3) is 0.467. The number of hydrogen-bond donors (Lipinski definition) is 1. The van der Waals surface area contributed by atoms with Crippen LogP contribution >= 0.6 is 0 Å². The van der Waals surface area contributed by atoms with Crippen molar-refractivity contribution < 1.29 is 0 Å². The third kappa shape index (κ3) is 3.01. The van der Waals surface area contributed by atoms with Gasteiger partial charge in [-0.1, -0.05) is 13.8 Å².